The summed E-state index contributed by atoms with van der Waals surface area (Å²) in [6.45, 7) is 11.8. The van der Waals surface area contributed by atoms with Gasteiger partial charge in [-0.1, -0.05) is 32.9 Å². The number of amides is 2. The first-order valence-electron chi connectivity index (χ1n) is 14.5. The minimum atomic E-state index is -0.566. The van der Waals surface area contributed by atoms with Crippen LogP contribution in [0.4, 0.5) is 15.9 Å². The molecule has 3 aromatic heterocycles. The van der Waals surface area contributed by atoms with E-state index in [1.165, 1.54) is 13.3 Å². The van der Waals surface area contributed by atoms with Crippen molar-refractivity contribution in [2.24, 2.45) is 5.92 Å². The van der Waals surface area contributed by atoms with Crippen LogP contribution in [0.25, 0.3) is 11.4 Å². The third-order valence-corrected chi connectivity index (χ3v) is 7.82. The van der Waals surface area contributed by atoms with E-state index >= 15 is 4.39 Å². The molecule has 44 heavy (non-hydrogen) atoms. The Kier molecular flexibility index (Phi) is 8.77. The van der Waals surface area contributed by atoms with E-state index in [-0.39, 0.29) is 53.2 Å². The lowest BCUT2D eigenvalue weighted by Gasteiger charge is -2.19. The van der Waals surface area contributed by atoms with E-state index in [4.69, 9.17) is 9.72 Å². The Bertz CT molecular complexity index is 1720. The molecule has 1 aliphatic rings. The van der Waals surface area contributed by atoms with Crippen LogP contribution < -0.4 is 10.2 Å². The Morgan fingerprint density at radius 3 is 2.59 bits per heavy atom. The molecule has 2 atom stereocenters. The van der Waals surface area contributed by atoms with Crippen molar-refractivity contribution in [3.05, 3.63) is 70.4 Å². The summed E-state index contributed by atoms with van der Waals surface area (Å²) in [5.41, 5.74) is 3.27. The Morgan fingerprint density at radius 2 is 1.93 bits per heavy atom. The average Bonchev–Trinajstić information content (AvgIpc) is 3.60. The van der Waals surface area contributed by atoms with E-state index in [9.17, 15) is 9.59 Å². The van der Waals surface area contributed by atoms with Gasteiger partial charge in [0.05, 0.1) is 47.7 Å². The molecular weight excluding hydrogens is 565 g/mol. The molecule has 13 heteroatoms. The van der Waals surface area contributed by atoms with Gasteiger partial charge < -0.3 is 10.1 Å². The molecular formula is C31H36FN9O3. The molecule has 0 saturated carbocycles. The normalized spacial score (nSPS) is 15.7. The molecule has 1 unspecified atom stereocenters. The summed E-state index contributed by atoms with van der Waals surface area (Å²) < 4.78 is 22.2. The van der Waals surface area contributed by atoms with E-state index in [1.807, 2.05) is 40.7 Å². The third kappa shape index (κ3) is 5.91. The molecule has 2 amide bonds. The zero-order chi connectivity index (χ0) is 31.7. The number of anilines is 2. The molecule has 4 heterocycles. The fraction of sp³-hybridized carbons (Fsp3) is 0.419. The molecule has 0 aliphatic carbocycles. The smallest absolute Gasteiger partial charge is 0.276 e. The molecule has 4 aromatic rings. The maximum absolute atomic E-state index is 15.3. The Hall–Kier alpha value is -4.65. The minimum Gasteiger partial charge on any atom is -0.378 e. The highest BCUT2D eigenvalue weighted by molar-refractivity contribution is 6.03. The van der Waals surface area contributed by atoms with Crippen LogP contribution in [0.3, 0.4) is 0 Å². The van der Waals surface area contributed by atoms with Gasteiger partial charge in [-0.2, -0.15) is 5.10 Å². The summed E-state index contributed by atoms with van der Waals surface area (Å²) in [5.74, 6) is -0.408. The van der Waals surface area contributed by atoms with E-state index in [2.05, 4.69) is 30.6 Å². The Morgan fingerprint density at radius 1 is 1.16 bits per heavy atom. The van der Waals surface area contributed by atoms with Gasteiger partial charge in [0.1, 0.15) is 11.5 Å². The van der Waals surface area contributed by atoms with Crippen molar-refractivity contribution in [3.63, 3.8) is 0 Å². The fourth-order valence-corrected chi connectivity index (χ4v) is 5.21. The topological polar surface area (TPSA) is 141 Å². The Labute approximate surface area is 255 Å². The van der Waals surface area contributed by atoms with Gasteiger partial charge in [-0.15, -0.1) is 10.2 Å². The first-order valence-corrected chi connectivity index (χ1v) is 14.5. The first kappa shape index (κ1) is 30.8. The summed E-state index contributed by atoms with van der Waals surface area (Å²) >= 11 is 0. The predicted molar refractivity (Wildman–Crippen MR) is 162 cm³/mol. The highest BCUT2D eigenvalue weighted by atomic mass is 19.1. The van der Waals surface area contributed by atoms with Crippen molar-refractivity contribution in [3.8, 4) is 11.4 Å². The van der Waals surface area contributed by atoms with Crippen LogP contribution in [-0.2, 0) is 16.1 Å². The average molecular weight is 602 g/mol. The van der Waals surface area contributed by atoms with Crippen molar-refractivity contribution in [2.45, 2.75) is 66.5 Å². The number of carbonyl (C=O) groups is 2. The lowest BCUT2D eigenvalue weighted by atomic mass is 9.94. The quantitative estimate of drug-likeness (QED) is 0.287. The number of nitrogens with zero attached hydrogens (tertiary/aromatic N) is 8. The van der Waals surface area contributed by atoms with Crippen molar-refractivity contribution in [1.29, 1.82) is 0 Å². The number of hydrogen-bond donors (Lipinski definition) is 1. The maximum Gasteiger partial charge on any atom is 0.276 e. The van der Waals surface area contributed by atoms with Gasteiger partial charge >= 0.3 is 0 Å². The molecule has 0 spiro atoms. The molecule has 0 bridgehead atoms. The van der Waals surface area contributed by atoms with Crippen LogP contribution in [0.15, 0.2) is 30.7 Å². The molecule has 230 valence electrons. The molecule has 0 radical (unpaired) electrons. The van der Waals surface area contributed by atoms with E-state index in [0.29, 0.717) is 40.6 Å². The molecule has 1 saturated heterocycles. The fourth-order valence-electron chi connectivity index (χ4n) is 5.21. The minimum absolute atomic E-state index is 0.0106. The largest absolute Gasteiger partial charge is 0.378 e. The van der Waals surface area contributed by atoms with Gasteiger partial charge in [-0.3, -0.25) is 24.2 Å². The number of rotatable bonds is 9. The standard InChI is InChI=1S/C31H36FN9O3/c1-16(2)22-9-8-17(3)26(32)25(22)28-37-27(24(15-44-7)38-39-28)30(42)36-21-12-34-41(14-21)20(6)23-13-33-29(19(5)35-23)40-11-10-18(4)31(40)43/h8-9,12-14,16,18,20H,10-11,15H2,1-7H3,(H,36,42)/t18-,20?/m1/s1. The van der Waals surface area contributed by atoms with E-state index < -0.39 is 11.7 Å². The van der Waals surface area contributed by atoms with E-state index in [0.717, 1.165) is 6.42 Å². The molecule has 12 nitrogen and oxygen atoms in total. The number of halogens is 1. The van der Waals surface area contributed by atoms with Crippen LogP contribution in [-0.4, -0.2) is 60.4 Å². The van der Waals surface area contributed by atoms with Gasteiger partial charge in [0.2, 0.25) is 5.91 Å². The second kappa shape index (κ2) is 12.5. The number of aromatic nitrogens is 7. The number of hydrogen-bond acceptors (Lipinski definition) is 9. The number of aryl methyl sites for hydroxylation is 2. The number of ether oxygens (including phenoxy) is 1. The van der Waals surface area contributed by atoms with Crippen molar-refractivity contribution in [1.82, 2.24) is 34.9 Å². The highest BCUT2D eigenvalue weighted by Gasteiger charge is 2.31. The Balaban J connectivity index is 1.39. The lowest BCUT2D eigenvalue weighted by molar-refractivity contribution is -0.119. The summed E-state index contributed by atoms with van der Waals surface area (Å²) in [6.07, 6.45) is 5.61. The summed E-state index contributed by atoms with van der Waals surface area (Å²) in [4.78, 5) is 41.4. The van der Waals surface area contributed by atoms with Crippen molar-refractivity contribution in [2.75, 3.05) is 23.9 Å². The van der Waals surface area contributed by atoms with Crippen LogP contribution in [0, 0.1) is 25.6 Å². The first-order chi connectivity index (χ1) is 21.0. The third-order valence-electron chi connectivity index (χ3n) is 7.82. The number of benzene rings is 1. The number of methoxy groups -OCH3 is 1. The van der Waals surface area contributed by atoms with Gasteiger partial charge in [-0.25, -0.2) is 14.4 Å². The van der Waals surface area contributed by atoms with E-state index in [1.54, 1.807) is 35.0 Å². The molecule has 5 rings (SSSR count). The van der Waals surface area contributed by atoms with Crippen molar-refractivity contribution >= 4 is 23.3 Å². The van der Waals surface area contributed by atoms with Crippen LogP contribution >= 0.6 is 0 Å². The van der Waals surface area contributed by atoms with Crippen molar-refractivity contribution < 1.29 is 18.7 Å². The van der Waals surface area contributed by atoms with Gasteiger partial charge in [0, 0.05) is 25.8 Å². The maximum atomic E-state index is 15.3. The van der Waals surface area contributed by atoms with Gasteiger partial charge in [-0.05, 0) is 44.2 Å². The van der Waals surface area contributed by atoms with Gasteiger partial charge in [0.25, 0.3) is 5.91 Å². The number of nitrogens with one attached hydrogen (secondary N) is 1. The second-order valence-corrected chi connectivity index (χ2v) is 11.4. The summed E-state index contributed by atoms with van der Waals surface area (Å²) in [7, 11) is 1.47. The summed E-state index contributed by atoms with van der Waals surface area (Å²) in [5, 5.41) is 15.6. The second-order valence-electron chi connectivity index (χ2n) is 11.4. The SMILES string of the molecule is COCc1nnc(-c2c(C(C)C)ccc(C)c2F)nc1C(=O)Nc1cnn(C(C)c2cnc(N3CC[C@@H](C)C3=O)c(C)n2)c1. The highest BCUT2D eigenvalue weighted by Crippen LogP contribution is 2.32. The molecule has 1 fully saturated rings. The number of carbonyl (C=O) groups excluding carboxylic acids is 2. The van der Waals surface area contributed by atoms with Crippen LogP contribution in [0.1, 0.15) is 84.8 Å². The lowest BCUT2D eigenvalue weighted by Crippen LogP contribution is -2.28. The zero-order valence-corrected chi connectivity index (χ0v) is 25.9. The van der Waals surface area contributed by atoms with Crippen LogP contribution in [0.2, 0.25) is 0 Å². The predicted octanol–water partition coefficient (Wildman–Crippen LogP) is 4.79. The molecule has 1 N–H and O–H groups in total. The molecule has 1 aromatic carbocycles. The zero-order valence-electron chi connectivity index (χ0n) is 25.9. The molecule has 1 aliphatic heterocycles. The van der Waals surface area contributed by atoms with Crippen LogP contribution in [0.5, 0.6) is 0 Å². The summed E-state index contributed by atoms with van der Waals surface area (Å²) in [6, 6.07) is 3.24. The monoisotopic (exact) mass is 601 g/mol. The van der Waals surface area contributed by atoms with Gasteiger partial charge in [0.15, 0.2) is 17.3 Å².